The first-order chi connectivity index (χ1) is 20.6. The van der Waals surface area contributed by atoms with E-state index >= 15 is 0 Å². The smallest absolute Gasteiger partial charge is 0.319 e. The molecule has 0 bridgehead atoms. The summed E-state index contributed by atoms with van der Waals surface area (Å²) in [6.07, 6.45) is 5.14. The van der Waals surface area contributed by atoms with Gasteiger partial charge in [0.1, 0.15) is 30.2 Å². The average molecular weight is 590 g/mol. The number of aromatic hydroxyl groups is 1. The van der Waals surface area contributed by atoms with E-state index in [-0.39, 0.29) is 23.1 Å². The first-order valence-corrected chi connectivity index (χ1v) is 15.3. The van der Waals surface area contributed by atoms with E-state index in [1.54, 1.807) is 24.4 Å². The molecule has 226 valence electrons. The van der Waals surface area contributed by atoms with Crippen molar-refractivity contribution < 1.29 is 23.7 Å². The second kappa shape index (κ2) is 10.5. The summed E-state index contributed by atoms with van der Waals surface area (Å²) < 4.78 is 35.6. The van der Waals surface area contributed by atoms with Crippen LogP contribution in [0.15, 0.2) is 36.5 Å². The van der Waals surface area contributed by atoms with Gasteiger partial charge >= 0.3 is 6.01 Å². The molecule has 3 fully saturated rings. The molecule has 7 rings (SSSR count). The van der Waals surface area contributed by atoms with Crippen molar-refractivity contribution in [2.75, 3.05) is 37.7 Å². The van der Waals surface area contributed by atoms with E-state index in [0.29, 0.717) is 84.4 Å². The Labute approximate surface area is 249 Å². The van der Waals surface area contributed by atoms with Crippen LogP contribution in [0, 0.1) is 5.82 Å². The number of aryl methyl sites for hydroxylation is 1. The first-order valence-electron chi connectivity index (χ1n) is 15.3. The molecule has 4 aromatic rings. The fourth-order valence-corrected chi connectivity index (χ4v) is 7.54. The molecule has 3 saturated heterocycles. The summed E-state index contributed by atoms with van der Waals surface area (Å²) in [4.78, 5) is 18.6. The van der Waals surface area contributed by atoms with E-state index in [9.17, 15) is 19.0 Å². The number of aromatic nitrogens is 3. The summed E-state index contributed by atoms with van der Waals surface area (Å²) in [6, 6.07) is 8.34. The van der Waals surface area contributed by atoms with Gasteiger partial charge in [-0.25, -0.2) is 8.78 Å². The summed E-state index contributed by atoms with van der Waals surface area (Å²) in [5.41, 5.74) is 1.06. The van der Waals surface area contributed by atoms with Gasteiger partial charge < -0.3 is 19.8 Å². The molecule has 0 aliphatic carbocycles. The van der Waals surface area contributed by atoms with Gasteiger partial charge in [0.05, 0.1) is 27.7 Å². The Kier molecular flexibility index (Phi) is 6.89. The summed E-state index contributed by atoms with van der Waals surface area (Å²) in [5.74, 6) is 0.378. The maximum Gasteiger partial charge on any atom is 0.319 e. The third kappa shape index (κ3) is 5.04. The standard InChI is InChI=1S/C33H37F2N5O3/c1-3-23-26(35)7-6-20-12-22(41)13-24(29(20)23)27-14-28-25(16-36-27)30(39-10-4-8-32(2,42)18-39)38-31(37-28)43-19-33-9-5-11-40(33)17-21(34)15-33/h6-7,12-14,16,21,41-42H,3-5,8-11,15,17-19H2,1-2H3/t21-,32-,33+/m1/s1. The molecule has 43 heavy (non-hydrogen) atoms. The maximum atomic E-state index is 14.9. The van der Waals surface area contributed by atoms with Crippen molar-refractivity contribution >= 4 is 27.5 Å². The van der Waals surface area contributed by atoms with Crippen LogP contribution in [0.25, 0.3) is 32.9 Å². The second-order valence-corrected chi connectivity index (χ2v) is 12.8. The van der Waals surface area contributed by atoms with Crippen molar-refractivity contribution in [1.82, 2.24) is 19.9 Å². The van der Waals surface area contributed by atoms with Gasteiger partial charge in [0, 0.05) is 37.8 Å². The lowest BCUT2D eigenvalue weighted by Gasteiger charge is -2.38. The fourth-order valence-electron chi connectivity index (χ4n) is 7.54. The highest BCUT2D eigenvalue weighted by molar-refractivity contribution is 6.01. The van der Waals surface area contributed by atoms with Crippen molar-refractivity contribution in [1.29, 1.82) is 0 Å². The molecule has 2 aromatic carbocycles. The molecule has 2 N–H and O–H groups in total. The lowest BCUT2D eigenvalue weighted by molar-refractivity contribution is 0.0447. The van der Waals surface area contributed by atoms with Crippen LogP contribution in [0.4, 0.5) is 14.6 Å². The zero-order chi connectivity index (χ0) is 29.9. The van der Waals surface area contributed by atoms with Crippen LogP contribution in [0.2, 0.25) is 0 Å². The van der Waals surface area contributed by atoms with Crippen LogP contribution in [0.5, 0.6) is 11.8 Å². The topological polar surface area (TPSA) is 94.8 Å². The summed E-state index contributed by atoms with van der Waals surface area (Å²) in [7, 11) is 0. The fraction of sp³-hybridized carbons (Fsp3) is 0.485. The van der Waals surface area contributed by atoms with E-state index < -0.39 is 11.8 Å². The molecule has 10 heteroatoms. The Bertz CT molecular complexity index is 1720. The molecule has 0 unspecified atom stereocenters. The number of alkyl halides is 1. The minimum absolute atomic E-state index is 0.0594. The van der Waals surface area contributed by atoms with Crippen molar-refractivity contribution in [3.8, 4) is 23.0 Å². The molecule has 0 spiro atoms. The Morgan fingerprint density at radius 1 is 1.12 bits per heavy atom. The maximum absolute atomic E-state index is 14.9. The molecule has 3 aliphatic heterocycles. The monoisotopic (exact) mass is 589 g/mol. The molecule has 0 amide bonds. The van der Waals surface area contributed by atoms with E-state index in [1.165, 1.54) is 6.07 Å². The summed E-state index contributed by atoms with van der Waals surface area (Å²) in [5, 5.41) is 23.6. The molecular weight excluding hydrogens is 552 g/mol. The lowest BCUT2D eigenvalue weighted by Crippen LogP contribution is -2.46. The number of benzene rings is 2. The molecule has 2 aromatic heterocycles. The number of rotatable bonds is 6. The molecule has 3 atom stereocenters. The predicted molar refractivity (Wildman–Crippen MR) is 162 cm³/mol. The van der Waals surface area contributed by atoms with Gasteiger partial charge in [0.2, 0.25) is 0 Å². The third-order valence-electron chi connectivity index (χ3n) is 9.53. The minimum atomic E-state index is -0.867. The van der Waals surface area contributed by atoms with Gasteiger partial charge in [0.25, 0.3) is 0 Å². The molecular formula is C33H37F2N5O3. The number of β-amino-alcohol motifs (C(OH)–C–C–N with tert-alkyl or cyclic N) is 1. The molecule has 5 heterocycles. The second-order valence-electron chi connectivity index (χ2n) is 12.8. The van der Waals surface area contributed by atoms with Gasteiger partial charge in [-0.3, -0.25) is 9.88 Å². The highest BCUT2D eigenvalue weighted by Crippen LogP contribution is 2.41. The lowest BCUT2D eigenvalue weighted by atomic mass is 9.94. The van der Waals surface area contributed by atoms with E-state index in [1.807, 2.05) is 24.8 Å². The Hall–Kier alpha value is -3.63. The number of fused-ring (bicyclic) bond motifs is 3. The number of hydrogen-bond donors (Lipinski definition) is 2. The van der Waals surface area contributed by atoms with Crippen molar-refractivity contribution in [3.05, 3.63) is 47.9 Å². The number of hydrogen-bond acceptors (Lipinski definition) is 8. The number of phenolic OH excluding ortho intramolecular Hbond substituents is 1. The van der Waals surface area contributed by atoms with Gasteiger partial charge in [-0.05, 0) is 86.2 Å². The van der Waals surface area contributed by atoms with Gasteiger partial charge in [0.15, 0.2) is 0 Å². The van der Waals surface area contributed by atoms with Crippen LogP contribution >= 0.6 is 0 Å². The number of ether oxygens (including phenoxy) is 1. The normalized spacial score (nSPS) is 26.0. The molecule has 8 nitrogen and oxygen atoms in total. The van der Waals surface area contributed by atoms with E-state index in [0.717, 1.165) is 31.2 Å². The van der Waals surface area contributed by atoms with Gasteiger partial charge in [-0.15, -0.1) is 0 Å². The van der Waals surface area contributed by atoms with Crippen LogP contribution in [0.1, 0.15) is 51.5 Å². The highest BCUT2D eigenvalue weighted by Gasteiger charge is 2.49. The molecule has 3 aliphatic rings. The van der Waals surface area contributed by atoms with Crippen LogP contribution in [0.3, 0.4) is 0 Å². The zero-order valence-corrected chi connectivity index (χ0v) is 24.6. The quantitative estimate of drug-likeness (QED) is 0.302. The Morgan fingerprint density at radius 2 is 1.95 bits per heavy atom. The van der Waals surface area contributed by atoms with Crippen molar-refractivity contribution in [2.24, 2.45) is 0 Å². The Morgan fingerprint density at radius 3 is 2.77 bits per heavy atom. The number of aliphatic hydroxyl groups is 1. The molecule has 0 radical (unpaired) electrons. The summed E-state index contributed by atoms with van der Waals surface area (Å²) >= 11 is 0. The Balaban J connectivity index is 1.35. The average Bonchev–Trinajstić information content (AvgIpc) is 3.50. The predicted octanol–water partition coefficient (Wildman–Crippen LogP) is 5.56. The largest absolute Gasteiger partial charge is 0.508 e. The first kappa shape index (κ1) is 28.2. The third-order valence-corrected chi connectivity index (χ3v) is 9.53. The zero-order valence-electron chi connectivity index (χ0n) is 24.6. The van der Waals surface area contributed by atoms with Gasteiger partial charge in [-0.1, -0.05) is 13.0 Å². The minimum Gasteiger partial charge on any atom is -0.508 e. The van der Waals surface area contributed by atoms with E-state index in [2.05, 4.69) is 4.90 Å². The van der Waals surface area contributed by atoms with E-state index in [4.69, 9.17) is 19.7 Å². The number of halogens is 2. The van der Waals surface area contributed by atoms with Gasteiger partial charge in [-0.2, -0.15) is 9.97 Å². The number of anilines is 1. The number of pyridine rings is 1. The number of phenols is 1. The number of piperidine rings is 1. The SMILES string of the molecule is CCc1c(F)ccc2cc(O)cc(-c3cc4nc(OC[C@@]56CCCN5C[C@H](F)C6)nc(N5CCC[C@@](C)(O)C5)c4cn3)c12. The van der Waals surface area contributed by atoms with Crippen LogP contribution in [-0.2, 0) is 6.42 Å². The van der Waals surface area contributed by atoms with Crippen molar-refractivity contribution in [3.63, 3.8) is 0 Å². The molecule has 0 saturated carbocycles. The van der Waals surface area contributed by atoms with Crippen LogP contribution < -0.4 is 9.64 Å². The van der Waals surface area contributed by atoms with Crippen LogP contribution in [-0.4, -0.2) is 80.2 Å². The highest BCUT2D eigenvalue weighted by atomic mass is 19.1. The number of nitrogens with zero attached hydrogens (tertiary/aromatic N) is 5. The summed E-state index contributed by atoms with van der Waals surface area (Å²) in [6.45, 7) is 6.44. The van der Waals surface area contributed by atoms with Crippen molar-refractivity contribution in [2.45, 2.75) is 69.7 Å².